The molecule has 70 heavy (non-hydrogen) atoms. The summed E-state index contributed by atoms with van der Waals surface area (Å²) in [5.74, 6) is -0.578. The number of aliphatic hydroxyl groups is 6. The normalized spacial score (nSPS) is 19.8. The smallest absolute Gasteiger partial charge is 0.249 e. The Labute approximate surface area is 431 Å². The van der Waals surface area contributed by atoms with Gasteiger partial charge in [0.05, 0.1) is 25.4 Å². The number of amides is 1. The van der Waals surface area contributed by atoms with Gasteiger partial charge in [0.1, 0.15) is 30.5 Å². The van der Waals surface area contributed by atoms with E-state index in [1.54, 1.807) is 0 Å². The number of nitrogens with one attached hydrogen (secondary N) is 1. The summed E-state index contributed by atoms with van der Waals surface area (Å²) in [5.41, 5.74) is 0. The highest BCUT2D eigenvalue weighted by Crippen LogP contribution is 2.23. The summed E-state index contributed by atoms with van der Waals surface area (Å²) in [6, 6.07) is -0.892. The fraction of sp³-hybridized carbons (Fsp3) is 0.950. The van der Waals surface area contributed by atoms with Crippen molar-refractivity contribution in [1.29, 1.82) is 0 Å². The number of unbranched alkanes of at least 4 members (excludes halogenated alkanes) is 40. The third-order valence-electron chi connectivity index (χ3n) is 15.0. The van der Waals surface area contributed by atoms with Crippen LogP contribution in [0.2, 0.25) is 0 Å². The van der Waals surface area contributed by atoms with Crippen LogP contribution in [0.25, 0.3) is 0 Å². The molecule has 10 nitrogen and oxygen atoms in total. The molecule has 0 aromatic carbocycles. The highest BCUT2D eigenvalue weighted by atomic mass is 16.7. The largest absolute Gasteiger partial charge is 0.394 e. The van der Waals surface area contributed by atoms with Gasteiger partial charge in [-0.25, -0.2) is 0 Å². The van der Waals surface area contributed by atoms with Crippen molar-refractivity contribution in [2.45, 2.75) is 352 Å². The number of rotatable bonds is 53. The first-order chi connectivity index (χ1) is 34.3. The quantitative estimate of drug-likeness (QED) is 0.0232. The number of allylic oxidation sites excluding steroid dienone is 2. The predicted molar refractivity (Wildman–Crippen MR) is 292 cm³/mol. The van der Waals surface area contributed by atoms with Crippen LogP contribution < -0.4 is 5.32 Å². The molecule has 8 atom stereocenters. The van der Waals surface area contributed by atoms with Gasteiger partial charge in [-0.05, 0) is 38.5 Å². The number of hydrogen-bond donors (Lipinski definition) is 7. The van der Waals surface area contributed by atoms with Gasteiger partial charge >= 0.3 is 0 Å². The first-order valence-electron chi connectivity index (χ1n) is 30.5. The summed E-state index contributed by atoms with van der Waals surface area (Å²) in [4.78, 5) is 13.2. The second-order valence-corrected chi connectivity index (χ2v) is 21.6. The minimum Gasteiger partial charge on any atom is -0.394 e. The summed E-state index contributed by atoms with van der Waals surface area (Å²) in [5, 5.41) is 65.3. The molecule has 10 heteroatoms. The molecule has 1 aliphatic rings. The Morgan fingerprint density at radius 2 is 0.800 bits per heavy atom. The number of hydrogen-bond acceptors (Lipinski definition) is 9. The van der Waals surface area contributed by atoms with Crippen molar-refractivity contribution in [1.82, 2.24) is 5.32 Å². The zero-order valence-electron chi connectivity index (χ0n) is 45.9. The fourth-order valence-corrected chi connectivity index (χ4v) is 10.0. The maximum atomic E-state index is 13.2. The van der Waals surface area contributed by atoms with Gasteiger partial charge in [-0.1, -0.05) is 276 Å². The molecule has 1 fully saturated rings. The van der Waals surface area contributed by atoms with E-state index in [2.05, 4.69) is 31.3 Å². The predicted octanol–water partition coefficient (Wildman–Crippen LogP) is 14.2. The molecule has 0 bridgehead atoms. The molecular weight excluding hydrogens is 879 g/mol. The van der Waals surface area contributed by atoms with Gasteiger partial charge in [0.2, 0.25) is 5.91 Å². The van der Waals surface area contributed by atoms with Crippen LogP contribution in [0.15, 0.2) is 12.2 Å². The third kappa shape index (κ3) is 38.5. The van der Waals surface area contributed by atoms with Crippen LogP contribution in [0.4, 0.5) is 0 Å². The van der Waals surface area contributed by atoms with Gasteiger partial charge < -0.3 is 45.4 Å². The van der Waals surface area contributed by atoms with Gasteiger partial charge in [-0.3, -0.25) is 4.79 Å². The second kappa shape index (κ2) is 50.1. The summed E-state index contributed by atoms with van der Waals surface area (Å²) in [6.07, 6.45) is 51.4. The Hall–Kier alpha value is -1.11. The maximum absolute atomic E-state index is 13.2. The van der Waals surface area contributed by atoms with Crippen LogP contribution in [0.1, 0.15) is 303 Å². The van der Waals surface area contributed by atoms with E-state index in [4.69, 9.17) is 9.47 Å². The van der Waals surface area contributed by atoms with Gasteiger partial charge in [-0.15, -0.1) is 0 Å². The van der Waals surface area contributed by atoms with Gasteiger partial charge in [0.25, 0.3) is 0 Å². The average molecular weight is 997 g/mol. The first-order valence-corrected chi connectivity index (χ1v) is 30.5. The number of carbonyl (C=O) groups is 1. The van der Waals surface area contributed by atoms with E-state index in [-0.39, 0.29) is 6.61 Å². The van der Waals surface area contributed by atoms with Gasteiger partial charge in [0, 0.05) is 0 Å². The monoisotopic (exact) mass is 996 g/mol. The number of aliphatic hydroxyl groups excluding tert-OH is 6. The van der Waals surface area contributed by atoms with Crippen LogP contribution in [0, 0.1) is 0 Å². The lowest BCUT2D eigenvalue weighted by Gasteiger charge is -2.40. The lowest BCUT2D eigenvalue weighted by atomic mass is 9.99. The molecule has 0 saturated carbocycles. The molecule has 0 spiro atoms. The van der Waals surface area contributed by atoms with Crippen molar-refractivity contribution in [2.24, 2.45) is 0 Å². The Balaban J connectivity index is 2.18. The van der Waals surface area contributed by atoms with E-state index in [9.17, 15) is 35.4 Å². The molecule has 0 aliphatic carbocycles. The van der Waals surface area contributed by atoms with Crippen molar-refractivity contribution in [3.63, 3.8) is 0 Å². The zero-order valence-corrected chi connectivity index (χ0v) is 45.9. The van der Waals surface area contributed by atoms with Crippen molar-refractivity contribution < 1.29 is 44.9 Å². The van der Waals surface area contributed by atoms with Crippen molar-refractivity contribution in [3.05, 3.63) is 12.2 Å². The van der Waals surface area contributed by atoms with Crippen LogP contribution in [0.3, 0.4) is 0 Å². The highest BCUT2D eigenvalue weighted by molar-refractivity contribution is 5.80. The lowest BCUT2D eigenvalue weighted by molar-refractivity contribution is -0.302. The van der Waals surface area contributed by atoms with E-state index in [0.717, 1.165) is 44.9 Å². The van der Waals surface area contributed by atoms with Crippen molar-refractivity contribution >= 4 is 5.91 Å². The maximum Gasteiger partial charge on any atom is 0.249 e. The summed E-state index contributed by atoms with van der Waals surface area (Å²) < 4.78 is 11.2. The first kappa shape index (κ1) is 66.9. The molecule has 0 radical (unpaired) electrons. The Bertz CT molecular complexity index is 1130. The second-order valence-electron chi connectivity index (χ2n) is 21.6. The van der Waals surface area contributed by atoms with E-state index < -0.39 is 61.5 Å². The molecule has 7 N–H and O–H groups in total. The minimum absolute atomic E-state index is 0.251. The number of carbonyl (C=O) groups excluding carboxylic acids is 1. The Kier molecular flexibility index (Phi) is 47.9. The van der Waals surface area contributed by atoms with Crippen LogP contribution >= 0.6 is 0 Å². The summed E-state index contributed by atoms with van der Waals surface area (Å²) in [6.45, 7) is 3.71. The Morgan fingerprint density at radius 3 is 1.16 bits per heavy atom. The van der Waals surface area contributed by atoms with Crippen LogP contribution in [-0.2, 0) is 14.3 Å². The molecule has 0 aromatic rings. The fourth-order valence-electron chi connectivity index (χ4n) is 10.0. The molecule has 416 valence electrons. The van der Waals surface area contributed by atoms with Gasteiger partial charge in [0.15, 0.2) is 6.29 Å². The van der Waals surface area contributed by atoms with E-state index in [1.807, 2.05) is 0 Å². The summed E-state index contributed by atoms with van der Waals surface area (Å²) in [7, 11) is 0. The van der Waals surface area contributed by atoms with Crippen molar-refractivity contribution in [2.75, 3.05) is 13.2 Å². The number of ether oxygens (including phenoxy) is 2. The van der Waals surface area contributed by atoms with E-state index in [0.29, 0.717) is 12.8 Å². The average Bonchev–Trinajstić information content (AvgIpc) is 3.36. The molecule has 1 aliphatic heterocycles. The molecule has 8 unspecified atom stereocenters. The molecule has 1 rings (SSSR count). The standard InChI is InChI=1S/C60H117NO9/c1-3-5-7-9-11-13-15-17-19-21-22-23-24-25-26-27-28-29-30-31-32-33-35-37-39-41-43-45-47-49-54(64)59(68)61-52(51-69-60-58(67)57(66)56(65)55(50-62)70-60)53(63)48-46-44-42-40-38-36-34-20-18-16-14-12-10-8-6-4-2/h25-26,52-58,60,62-67H,3-24,27-51H2,1-2H3,(H,61,68)/b26-25-. The molecule has 1 heterocycles. The SMILES string of the molecule is CCCCCCCCCCCCCC/C=C\CCCCCCCCCCCCCCCC(O)C(=O)NC(COC1OC(CO)C(O)C(O)C1O)C(O)CCCCCCCCCCCCCCCCCC. The molecule has 1 amide bonds. The molecular formula is C60H117NO9. The summed E-state index contributed by atoms with van der Waals surface area (Å²) >= 11 is 0. The molecule has 1 saturated heterocycles. The molecule has 0 aromatic heterocycles. The highest BCUT2D eigenvalue weighted by Gasteiger charge is 2.44. The van der Waals surface area contributed by atoms with E-state index in [1.165, 1.54) is 231 Å². The Morgan fingerprint density at radius 1 is 0.471 bits per heavy atom. The topological polar surface area (TPSA) is 169 Å². The minimum atomic E-state index is -1.60. The zero-order chi connectivity index (χ0) is 51.0. The third-order valence-corrected chi connectivity index (χ3v) is 15.0. The van der Waals surface area contributed by atoms with Crippen molar-refractivity contribution in [3.8, 4) is 0 Å². The van der Waals surface area contributed by atoms with Crippen LogP contribution in [-0.4, -0.2) is 98.7 Å². The van der Waals surface area contributed by atoms with Crippen LogP contribution in [0.5, 0.6) is 0 Å². The lowest BCUT2D eigenvalue weighted by Crippen LogP contribution is -2.60. The van der Waals surface area contributed by atoms with Gasteiger partial charge in [-0.2, -0.15) is 0 Å². The van der Waals surface area contributed by atoms with E-state index >= 15 is 0 Å².